The first-order valence-electron chi connectivity index (χ1n) is 19.0. The fraction of sp³-hybridized carbons (Fsp3) is 0.561. The smallest absolute Gasteiger partial charge is 0.410 e. The van der Waals surface area contributed by atoms with Gasteiger partial charge >= 0.3 is 6.09 Å². The Morgan fingerprint density at radius 2 is 1.61 bits per heavy atom. The number of alkyl halides is 2. The minimum Gasteiger partial charge on any atom is -0.496 e. The lowest BCUT2D eigenvalue weighted by Crippen LogP contribution is -2.56. The van der Waals surface area contributed by atoms with Gasteiger partial charge in [0.1, 0.15) is 17.1 Å². The number of methoxy groups -OCH3 is 1. The summed E-state index contributed by atoms with van der Waals surface area (Å²) in [5, 5.41) is 0. The molecule has 2 amide bonds. The predicted octanol–water partition coefficient (Wildman–Crippen LogP) is 7.79. The molecule has 2 aliphatic heterocycles. The number of benzene rings is 2. The van der Waals surface area contributed by atoms with E-state index >= 15 is 8.78 Å². The molecule has 2 saturated heterocycles. The van der Waals surface area contributed by atoms with Gasteiger partial charge in [0, 0.05) is 49.1 Å². The van der Waals surface area contributed by atoms with Crippen LogP contribution >= 0.6 is 0 Å². The minimum atomic E-state index is -4.64. The molecule has 2 aromatic carbocycles. The van der Waals surface area contributed by atoms with Crippen molar-refractivity contribution in [2.45, 2.75) is 95.1 Å². The van der Waals surface area contributed by atoms with Crippen LogP contribution in [0.4, 0.5) is 13.6 Å². The van der Waals surface area contributed by atoms with E-state index in [0.29, 0.717) is 42.5 Å². The number of hydrogen-bond acceptors (Lipinski definition) is 7. The standard InChI is InChI=1S/C41H55F2N3O7S/c1-7-9-15-29(8-2)35-21-16-32(22-36(35)51-6)41(42,43)37(38(47)45-23-30-25-46(26-31(30)24-45)39(48)53-40(3,4)5)44-54(49,50)34-19-17-33(18-20-34)52-27-28-13-11-10-12-14-28/h8,15-22,28,30-31,37,44H,2,7,9-14,23-27H2,1,3-6H3/b29-15+/t30-,31+,37?. The van der Waals surface area contributed by atoms with E-state index in [1.54, 1.807) is 31.7 Å². The molecule has 1 N–H and O–H groups in total. The predicted molar refractivity (Wildman–Crippen MR) is 204 cm³/mol. The van der Waals surface area contributed by atoms with Gasteiger partial charge in [-0.1, -0.05) is 63.5 Å². The molecule has 3 atom stereocenters. The second-order valence-electron chi connectivity index (χ2n) is 15.7. The lowest BCUT2D eigenvalue weighted by molar-refractivity contribution is -0.143. The van der Waals surface area contributed by atoms with Crippen LogP contribution in [0.3, 0.4) is 0 Å². The number of amides is 2. The van der Waals surface area contributed by atoms with Crippen molar-refractivity contribution in [2.24, 2.45) is 17.8 Å². The summed E-state index contributed by atoms with van der Waals surface area (Å²) in [6.07, 6.45) is 10.4. The van der Waals surface area contributed by atoms with Crippen molar-refractivity contribution in [3.05, 3.63) is 72.3 Å². The molecule has 2 heterocycles. The Morgan fingerprint density at radius 3 is 2.19 bits per heavy atom. The third-order valence-electron chi connectivity index (χ3n) is 10.4. The number of fused-ring (bicyclic) bond motifs is 1. The number of nitrogens with one attached hydrogen (secondary N) is 1. The van der Waals surface area contributed by atoms with Crippen molar-refractivity contribution in [3.8, 4) is 11.5 Å². The van der Waals surface area contributed by atoms with E-state index in [4.69, 9.17) is 14.2 Å². The molecule has 2 aromatic rings. The van der Waals surface area contributed by atoms with Gasteiger partial charge < -0.3 is 24.0 Å². The van der Waals surface area contributed by atoms with E-state index in [9.17, 15) is 18.0 Å². The van der Waals surface area contributed by atoms with Gasteiger partial charge in [-0.3, -0.25) is 4.79 Å². The third-order valence-corrected chi connectivity index (χ3v) is 11.9. The maximum absolute atomic E-state index is 16.9. The molecule has 0 radical (unpaired) electrons. The van der Waals surface area contributed by atoms with Crippen LogP contribution in [0.15, 0.2) is 66.1 Å². The topological polar surface area (TPSA) is 114 Å². The molecule has 3 aliphatic rings. The Labute approximate surface area is 319 Å². The Bertz CT molecular complexity index is 1770. The Balaban J connectivity index is 1.41. The molecule has 54 heavy (non-hydrogen) atoms. The minimum absolute atomic E-state index is 0.0807. The number of ether oxygens (including phenoxy) is 3. The molecule has 0 spiro atoms. The summed E-state index contributed by atoms with van der Waals surface area (Å²) in [6, 6.07) is 6.89. The number of carbonyl (C=O) groups excluding carboxylic acids is 2. The largest absolute Gasteiger partial charge is 0.496 e. The third kappa shape index (κ3) is 9.82. The van der Waals surface area contributed by atoms with Crippen LogP contribution in [0, 0.1) is 17.8 Å². The normalized spacial score (nSPS) is 20.4. The average molecular weight is 772 g/mol. The van der Waals surface area contributed by atoms with E-state index in [1.165, 1.54) is 54.8 Å². The van der Waals surface area contributed by atoms with Crippen molar-refractivity contribution in [1.29, 1.82) is 0 Å². The van der Waals surface area contributed by atoms with Crippen molar-refractivity contribution >= 4 is 27.6 Å². The Kier molecular flexibility index (Phi) is 13.1. The number of nitrogens with zero attached hydrogens (tertiary/aromatic N) is 2. The molecule has 0 bridgehead atoms. The first kappa shape index (κ1) is 41.2. The van der Waals surface area contributed by atoms with E-state index < -0.39 is 45.2 Å². The van der Waals surface area contributed by atoms with E-state index in [2.05, 4.69) is 11.3 Å². The van der Waals surface area contributed by atoms with Crippen LogP contribution in [0.1, 0.15) is 83.8 Å². The highest BCUT2D eigenvalue weighted by atomic mass is 32.2. The lowest BCUT2D eigenvalue weighted by atomic mass is 9.90. The van der Waals surface area contributed by atoms with E-state index in [-0.39, 0.29) is 35.6 Å². The molecule has 296 valence electrons. The Morgan fingerprint density at radius 1 is 0.981 bits per heavy atom. The summed E-state index contributed by atoms with van der Waals surface area (Å²) in [4.78, 5) is 29.5. The summed E-state index contributed by atoms with van der Waals surface area (Å²) in [5.41, 5.74) is -0.0385. The fourth-order valence-corrected chi connectivity index (χ4v) is 8.71. The van der Waals surface area contributed by atoms with Gasteiger partial charge in [0.15, 0.2) is 6.04 Å². The molecular formula is C41H55F2N3O7S. The van der Waals surface area contributed by atoms with Crippen LogP contribution in [0.5, 0.6) is 11.5 Å². The molecule has 3 fully saturated rings. The van der Waals surface area contributed by atoms with Gasteiger partial charge in [-0.05, 0) is 81.9 Å². The molecule has 1 saturated carbocycles. The van der Waals surface area contributed by atoms with Gasteiger partial charge in [0.25, 0.3) is 5.92 Å². The first-order chi connectivity index (χ1) is 25.6. The number of likely N-dealkylation sites (tertiary alicyclic amines) is 2. The molecule has 0 aromatic heterocycles. The Hall–Kier alpha value is -3.97. The monoisotopic (exact) mass is 771 g/mol. The number of sulfonamides is 1. The molecular weight excluding hydrogens is 717 g/mol. The van der Waals surface area contributed by atoms with Gasteiger partial charge in [-0.2, -0.15) is 13.5 Å². The second kappa shape index (κ2) is 17.2. The zero-order chi connectivity index (χ0) is 39.3. The van der Waals surface area contributed by atoms with Crippen LogP contribution in [0.2, 0.25) is 0 Å². The molecule has 13 heteroatoms. The first-order valence-corrected chi connectivity index (χ1v) is 20.5. The highest BCUT2D eigenvalue weighted by molar-refractivity contribution is 7.89. The molecule has 5 rings (SSSR count). The molecule has 10 nitrogen and oxygen atoms in total. The van der Waals surface area contributed by atoms with Crippen molar-refractivity contribution in [1.82, 2.24) is 14.5 Å². The highest BCUT2D eigenvalue weighted by Gasteiger charge is 2.53. The van der Waals surface area contributed by atoms with E-state index in [1.807, 2.05) is 13.0 Å². The van der Waals surface area contributed by atoms with Crippen molar-refractivity contribution in [2.75, 3.05) is 39.9 Å². The zero-order valence-electron chi connectivity index (χ0n) is 32.1. The zero-order valence-corrected chi connectivity index (χ0v) is 32.9. The van der Waals surface area contributed by atoms with Crippen LogP contribution in [-0.2, 0) is 25.5 Å². The van der Waals surface area contributed by atoms with Gasteiger partial charge in [-0.15, -0.1) is 0 Å². The number of hydrogen-bond donors (Lipinski definition) is 1. The van der Waals surface area contributed by atoms with Crippen molar-refractivity contribution < 1.29 is 41.0 Å². The average Bonchev–Trinajstić information content (AvgIpc) is 3.73. The maximum Gasteiger partial charge on any atom is 0.410 e. The molecule has 1 unspecified atom stereocenters. The highest BCUT2D eigenvalue weighted by Crippen LogP contribution is 2.40. The summed E-state index contributed by atoms with van der Waals surface area (Å²) < 4.78 is 80.5. The van der Waals surface area contributed by atoms with Gasteiger partial charge in [0.2, 0.25) is 15.9 Å². The summed E-state index contributed by atoms with van der Waals surface area (Å²) >= 11 is 0. The number of carbonyl (C=O) groups is 2. The SMILES string of the molecule is C=C/C(=C\CCC)c1ccc(C(F)(F)C(NS(=O)(=O)c2ccc(OCC3CCCCC3)cc2)C(=O)N2C[C@H]3CN(C(=O)OC(C)(C)C)C[C@H]3C2)cc1OC. The van der Waals surface area contributed by atoms with Gasteiger partial charge in [-0.25, -0.2) is 13.2 Å². The lowest BCUT2D eigenvalue weighted by Gasteiger charge is -2.31. The summed E-state index contributed by atoms with van der Waals surface area (Å²) in [6.45, 7) is 12.5. The number of halogens is 2. The fourth-order valence-electron chi connectivity index (χ4n) is 7.52. The second-order valence-corrected chi connectivity index (χ2v) is 17.4. The summed E-state index contributed by atoms with van der Waals surface area (Å²) in [5.74, 6) is -4.40. The molecule has 1 aliphatic carbocycles. The number of allylic oxidation sites excluding steroid dienone is 3. The van der Waals surface area contributed by atoms with Crippen LogP contribution in [0.25, 0.3) is 5.57 Å². The summed E-state index contributed by atoms with van der Waals surface area (Å²) in [7, 11) is -3.28. The quantitative estimate of drug-likeness (QED) is 0.195. The van der Waals surface area contributed by atoms with Crippen LogP contribution < -0.4 is 14.2 Å². The van der Waals surface area contributed by atoms with Gasteiger partial charge in [0.05, 0.1) is 18.6 Å². The van der Waals surface area contributed by atoms with Crippen LogP contribution in [-0.4, -0.2) is 81.8 Å². The maximum atomic E-state index is 16.9. The van der Waals surface area contributed by atoms with E-state index in [0.717, 1.165) is 44.6 Å². The number of unbranched alkanes of at least 4 members (excludes halogenated alkanes) is 1. The van der Waals surface area contributed by atoms with Crippen molar-refractivity contribution in [3.63, 3.8) is 0 Å². The number of rotatable bonds is 14.